The van der Waals surface area contributed by atoms with E-state index in [4.69, 9.17) is 19.7 Å². The van der Waals surface area contributed by atoms with Gasteiger partial charge in [-0.2, -0.15) is 10.2 Å². The van der Waals surface area contributed by atoms with Crippen LogP contribution in [0.2, 0.25) is 0 Å². The summed E-state index contributed by atoms with van der Waals surface area (Å²) < 4.78 is 15.3. The number of pyridine rings is 1. The molecular weight excluding hydrogens is 428 g/mol. The van der Waals surface area contributed by atoms with Crippen LogP contribution in [0, 0.1) is 12.8 Å². The van der Waals surface area contributed by atoms with Gasteiger partial charge in [-0.3, -0.25) is 4.68 Å². The minimum absolute atomic E-state index is 0.606. The second kappa shape index (κ2) is 9.50. The van der Waals surface area contributed by atoms with Crippen LogP contribution in [0.3, 0.4) is 0 Å². The van der Waals surface area contributed by atoms with Crippen LogP contribution >= 0.6 is 0 Å². The fourth-order valence-corrected chi connectivity index (χ4v) is 5.60. The molecule has 0 radical (unpaired) electrons. The molecule has 3 aromatic heterocycles. The molecule has 1 saturated heterocycles. The number of fused-ring (bicyclic) bond motifs is 1. The van der Waals surface area contributed by atoms with Crippen LogP contribution in [-0.4, -0.2) is 68.9 Å². The Labute approximate surface area is 201 Å². The molecule has 34 heavy (non-hydrogen) atoms. The molecule has 8 heteroatoms. The highest BCUT2D eigenvalue weighted by molar-refractivity contribution is 5.65. The number of hydrogen-bond donors (Lipinski definition) is 0. The minimum Gasteiger partial charge on any atom is -0.481 e. The molecule has 2 aliphatic rings. The van der Waals surface area contributed by atoms with Crippen molar-refractivity contribution >= 4 is 0 Å². The summed E-state index contributed by atoms with van der Waals surface area (Å²) in [7, 11) is 3.89. The molecule has 0 amide bonds. The average Bonchev–Trinajstić information content (AvgIpc) is 3.34. The molecule has 0 saturated carbocycles. The fourth-order valence-electron chi connectivity index (χ4n) is 5.60. The van der Waals surface area contributed by atoms with Gasteiger partial charge >= 0.3 is 0 Å². The van der Waals surface area contributed by atoms with Gasteiger partial charge in [0.25, 0.3) is 0 Å². The maximum absolute atomic E-state index is 5.81. The van der Waals surface area contributed by atoms with Gasteiger partial charge in [0.2, 0.25) is 5.88 Å². The second-order valence-electron chi connectivity index (χ2n) is 9.97. The lowest BCUT2D eigenvalue weighted by atomic mass is 9.87. The summed E-state index contributed by atoms with van der Waals surface area (Å²) >= 11 is 0. The predicted octanol–water partition coefficient (Wildman–Crippen LogP) is 3.68. The number of aryl methyl sites for hydroxylation is 1. The Hall–Kier alpha value is -2.71. The van der Waals surface area contributed by atoms with Gasteiger partial charge in [0.1, 0.15) is 5.69 Å². The van der Waals surface area contributed by atoms with E-state index >= 15 is 0 Å². The number of rotatable bonds is 5. The van der Waals surface area contributed by atoms with E-state index in [1.54, 1.807) is 7.11 Å². The van der Waals surface area contributed by atoms with Crippen molar-refractivity contribution < 1.29 is 9.47 Å². The lowest BCUT2D eigenvalue weighted by Gasteiger charge is -2.40. The van der Waals surface area contributed by atoms with Gasteiger partial charge in [0.05, 0.1) is 44.1 Å². The monoisotopic (exact) mass is 464 g/mol. The molecule has 0 aliphatic carbocycles. The highest BCUT2D eigenvalue weighted by atomic mass is 16.5. The zero-order valence-electron chi connectivity index (χ0n) is 21.0. The SMILES string of the molecule is COc1ncc(-c2nn(-c3cnn(C[C@H]4C[C@@H](C)N(C)[C@@H](C)C4)c3)c3c2CCOCC3)cc1C. The molecule has 2 aliphatic heterocycles. The van der Waals surface area contributed by atoms with Crippen LogP contribution in [0.4, 0.5) is 0 Å². The van der Waals surface area contributed by atoms with Crippen molar-refractivity contribution in [2.75, 3.05) is 27.4 Å². The molecule has 0 bridgehead atoms. The Bertz CT molecular complexity index is 1140. The molecule has 182 valence electrons. The zero-order chi connectivity index (χ0) is 23.8. The molecule has 5 heterocycles. The first-order valence-electron chi connectivity index (χ1n) is 12.4. The smallest absolute Gasteiger partial charge is 0.215 e. The molecule has 3 atom stereocenters. The molecule has 8 nitrogen and oxygen atoms in total. The Morgan fingerprint density at radius 1 is 1.12 bits per heavy atom. The summed E-state index contributed by atoms with van der Waals surface area (Å²) in [5.41, 5.74) is 6.46. The Morgan fingerprint density at radius 3 is 2.62 bits per heavy atom. The topological polar surface area (TPSA) is 70.2 Å². The summed E-state index contributed by atoms with van der Waals surface area (Å²) in [5, 5.41) is 9.81. The molecular formula is C26H36N6O2. The minimum atomic E-state index is 0.606. The van der Waals surface area contributed by atoms with Crippen LogP contribution in [0.1, 0.15) is 43.5 Å². The quantitative estimate of drug-likeness (QED) is 0.574. The van der Waals surface area contributed by atoms with Crippen molar-refractivity contribution in [3.8, 4) is 22.8 Å². The van der Waals surface area contributed by atoms with E-state index in [-0.39, 0.29) is 0 Å². The maximum Gasteiger partial charge on any atom is 0.215 e. The van der Waals surface area contributed by atoms with Gasteiger partial charge in [0, 0.05) is 47.9 Å². The maximum atomic E-state index is 5.81. The Balaban J connectivity index is 1.45. The van der Waals surface area contributed by atoms with E-state index in [9.17, 15) is 0 Å². The van der Waals surface area contributed by atoms with Crippen LogP contribution in [0.25, 0.3) is 16.9 Å². The van der Waals surface area contributed by atoms with Crippen molar-refractivity contribution in [2.24, 2.45) is 5.92 Å². The van der Waals surface area contributed by atoms with E-state index in [1.165, 1.54) is 24.1 Å². The number of likely N-dealkylation sites (tertiary alicyclic amines) is 1. The standard InChI is InChI=1S/C26H36N6O2/c1-17-10-21(13-27-26(17)33-5)25-23-6-8-34-9-7-24(23)32(29-25)22-14-28-31(16-22)15-20-11-18(2)30(4)19(3)12-20/h10,13-14,16,18-20H,6-9,11-12,15H2,1-5H3/t18-,19+,20+. The van der Waals surface area contributed by atoms with Gasteiger partial charge in [-0.05, 0) is 59.1 Å². The van der Waals surface area contributed by atoms with Crippen LogP contribution in [-0.2, 0) is 24.1 Å². The normalized spacial score (nSPS) is 23.5. The third-order valence-electron chi connectivity index (χ3n) is 7.62. The summed E-state index contributed by atoms with van der Waals surface area (Å²) in [6.07, 6.45) is 10.0. The van der Waals surface area contributed by atoms with Crippen molar-refractivity contribution in [1.29, 1.82) is 0 Å². The highest BCUT2D eigenvalue weighted by Gasteiger charge is 2.29. The predicted molar refractivity (Wildman–Crippen MR) is 132 cm³/mol. The molecule has 0 spiro atoms. The molecule has 0 N–H and O–H groups in total. The fraction of sp³-hybridized carbons (Fsp3) is 0.577. The molecule has 0 aromatic carbocycles. The third-order valence-corrected chi connectivity index (χ3v) is 7.62. The van der Waals surface area contributed by atoms with Gasteiger partial charge in [-0.1, -0.05) is 0 Å². The second-order valence-corrected chi connectivity index (χ2v) is 9.97. The largest absolute Gasteiger partial charge is 0.481 e. The highest BCUT2D eigenvalue weighted by Crippen LogP contribution is 2.32. The number of nitrogens with zero attached hydrogens (tertiary/aromatic N) is 6. The zero-order valence-corrected chi connectivity index (χ0v) is 21.0. The van der Waals surface area contributed by atoms with Gasteiger partial charge in [-0.25, -0.2) is 9.67 Å². The van der Waals surface area contributed by atoms with Crippen molar-refractivity contribution in [2.45, 2.75) is 65.1 Å². The summed E-state index contributed by atoms with van der Waals surface area (Å²) in [5.74, 6) is 1.29. The van der Waals surface area contributed by atoms with Crippen LogP contribution < -0.4 is 4.74 Å². The Morgan fingerprint density at radius 2 is 1.88 bits per heavy atom. The first-order valence-corrected chi connectivity index (χ1v) is 12.4. The van der Waals surface area contributed by atoms with E-state index in [0.717, 1.165) is 41.9 Å². The number of aromatic nitrogens is 5. The van der Waals surface area contributed by atoms with Crippen LogP contribution in [0.15, 0.2) is 24.7 Å². The van der Waals surface area contributed by atoms with Gasteiger partial charge in [0.15, 0.2) is 0 Å². The number of ether oxygens (including phenoxy) is 2. The first-order chi connectivity index (χ1) is 16.4. The van der Waals surface area contributed by atoms with Crippen molar-refractivity contribution in [3.63, 3.8) is 0 Å². The van der Waals surface area contributed by atoms with Crippen molar-refractivity contribution in [3.05, 3.63) is 41.5 Å². The van der Waals surface area contributed by atoms with Crippen LogP contribution in [0.5, 0.6) is 5.88 Å². The third kappa shape index (κ3) is 4.36. The molecule has 3 aromatic rings. The van der Waals surface area contributed by atoms with E-state index in [1.807, 2.05) is 19.3 Å². The average molecular weight is 465 g/mol. The number of piperidine rings is 1. The Kier molecular flexibility index (Phi) is 6.44. The molecule has 0 unspecified atom stereocenters. The summed E-state index contributed by atoms with van der Waals surface area (Å²) in [4.78, 5) is 6.98. The van der Waals surface area contributed by atoms with E-state index < -0.39 is 0 Å². The summed E-state index contributed by atoms with van der Waals surface area (Å²) in [6.45, 7) is 9.04. The van der Waals surface area contributed by atoms with Crippen molar-refractivity contribution in [1.82, 2.24) is 29.4 Å². The summed E-state index contributed by atoms with van der Waals surface area (Å²) in [6, 6.07) is 3.32. The van der Waals surface area contributed by atoms with E-state index in [2.05, 4.69) is 52.4 Å². The van der Waals surface area contributed by atoms with Gasteiger partial charge < -0.3 is 14.4 Å². The molecule has 5 rings (SSSR count). The number of hydrogen-bond acceptors (Lipinski definition) is 6. The van der Waals surface area contributed by atoms with Gasteiger partial charge in [-0.15, -0.1) is 0 Å². The first kappa shape index (κ1) is 23.1. The lowest BCUT2D eigenvalue weighted by Crippen LogP contribution is -2.44. The van der Waals surface area contributed by atoms with E-state index in [0.29, 0.717) is 37.1 Å². The lowest BCUT2D eigenvalue weighted by molar-refractivity contribution is 0.0892. The molecule has 1 fully saturated rings. The number of methoxy groups -OCH3 is 1.